The molecule has 0 spiro atoms. The molecule has 1 saturated carbocycles. The van der Waals surface area contributed by atoms with E-state index in [4.69, 9.17) is 4.98 Å². The fraction of sp³-hybridized carbons (Fsp3) is 0.600. The Labute approximate surface area is 128 Å². The van der Waals surface area contributed by atoms with Crippen LogP contribution >= 0.6 is 23.1 Å². The standard InChI is InChI=1S/C15H21N3S2/c1-3-16-15-17-13-12(7-8-19-13)14(18-15)20-11-6-4-5-10(2)9-11/h7-8,10-11H,3-6,9H2,1-2H3,(H,16,17,18). The minimum absolute atomic E-state index is 0.714. The molecule has 2 heterocycles. The van der Waals surface area contributed by atoms with Gasteiger partial charge in [-0.05, 0) is 37.1 Å². The number of aromatic nitrogens is 2. The second-order valence-corrected chi connectivity index (χ2v) is 7.72. The fourth-order valence-corrected chi connectivity index (χ4v) is 5.08. The lowest BCUT2D eigenvalue weighted by atomic mass is 9.91. The van der Waals surface area contributed by atoms with Gasteiger partial charge in [0.25, 0.3) is 0 Å². The highest BCUT2D eigenvalue weighted by Gasteiger charge is 2.21. The van der Waals surface area contributed by atoms with Crippen molar-refractivity contribution in [3.05, 3.63) is 11.4 Å². The molecule has 1 aliphatic carbocycles. The highest BCUT2D eigenvalue weighted by molar-refractivity contribution is 8.00. The molecule has 0 aromatic carbocycles. The number of thiophene rings is 1. The van der Waals surface area contributed by atoms with E-state index in [1.165, 1.54) is 31.1 Å². The number of hydrogen-bond donors (Lipinski definition) is 1. The Morgan fingerprint density at radius 2 is 2.30 bits per heavy atom. The van der Waals surface area contributed by atoms with E-state index < -0.39 is 0 Å². The van der Waals surface area contributed by atoms with E-state index in [2.05, 4.69) is 35.6 Å². The maximum absolute atomic E-state index is 4.73. The van der Waals surface area contributed by atoms with Gasteiger partial charge in [-0.15, -0.1) is 23.1 Å². The zero-order valence-electron chi connectivity index (χ0n) is 12.1. The first kappa shape index (κ1) is 14.1. The average molecular weight is 307 g/mol. The third-order valence-electron chi connectivity index (χ3n) is 3.79. The Morgan fingerprint density at radius 1 is 1.40 bits per heavy atom. The first-order valence-corrected chi connectivity index (χ1v) is 9.18. The van der Waals surface area contributed by atoms with E-state index in [0.29, 0.717) is 5.25 Å². The van der Waals surface area contributed by atoms with Gasteiger partial charge in [-0.25, -0.2) is 9.97 Å². The van der Waals surface area contributed by atoms with Crippen molar-refractivity contribution in [2.75, 3.05) is 11.9 Å². The van der Waals surface area contributed by atoms with Crippen molar-refractivity contribution < 1.29 is 0 Å². The minimum atomic E-state index is 0.714. The van der Waals surface area contributed by atoms with E-state index in [1.54, 1.807) is 11.3 Å². The summed E-state index contributed by atoms with van der Waals surface area (Å²) in [6.07, 6.45) is 5.38. The number of thioether (sulfide) groups is 1. The Bertz CT molecular complexity index is 582. The van der Waals surface area contributed by atoms with E-state index in [1.807, 2.05) is 11.8 Å². The van der Waals surface area contributed by atoms with Gasteiger partial charge in [0, 0.05) is 17.2 Å². The Balaban J connectivity index is 1.86. The van der Waals surface area contributed by atoms with Crippen molar-refractivity contribution in [3.8, 4) is 0 Å². The molecule has 0 bridgehead atoms. The van der Waals surface area contributed by atoms with E-state index >= 15 is 0 Å². The van der Waals surface area contributed by atoms with Gasteiger partial charge in [-0.2, -0.15) is 0 Å². The third kappa shape index (κ3) is 3.09. The molecule has 0 saturated heterocycles. The first-order chi connectivity index (χ1) is 9.76. The summed E-state index contributed by atoms with van der Waals surface area (Å²) in [6, 6.07) is 2.16. The van der Waals surface area contributed by atoms with Crippen LogP contribution in [0.15, 0.2) is 16.5 Å². The fourth-order valence-electron chi connectivity index (χ4n) is 2.80. The van der Waals surface area contributed by atoms with Crippen molar-refractivity contribution in [2.24, 2.45) is 5.92 Å². The van der Waals surface area contributed by atoms with Crippen LogP contribution in [0.2, 0.25) is 0 Å². The number of nitrogens with one attached hydrogen (secondary N) is 1. The van der Waals surface area contributed by atoms with Crippen LogP contribution < -0.4 is 5.32 Å². The van der Waals surface area contributed by atoms with Crippen LogP contribution in [0.5, 0.6) is 0 Å². The van der Waals surface area contributed by atoms with Gasteiger partial charge in [0.15, 0.2) is 0 Å². The van der Waals surface area contributed by atoms with E-state index in [-0.39, 0.29) is 0 Å². The summed E-state index contributed by atoms with van der Waals surface area (Å²) in [5, 5.41) is 8.46. The summed E-state index contributed by atoms with van der Waals surface area (Å²) in [7, 11) is 0. The number of hydrogen-bond acceptors (Lipinski definition) is 5. The quantitative estimate of drug-likeness (QED) is 0.824. The molecule has 1 fully saturated rings. The van der Waals surface area contributed by atoms with Crippen LogP contribution in [0.25, 0.3) is 10.2 Å². The summed E-state index contributed by atoms with van der Waals surface area (Å²) in [4.78, 5) is 10.4. The topological polar surface area (TPSA) is 37.8 Å². The van der Waals surface area contributed by atoms with Crippen molar-refractivity contribution in [3.63, 3.8) is 0 Å². The molecule has 2 unspecified atom stereocenters. The number of fused-ring (bicyclic) bond motifs is 1. The average Bonchev–Trinajstić information content (AvgIpc) is 2.87. The zero-order chi connectivity index (χ0) is 13.9. The van der Waals surface area contributed by atoms with Crippen LogP contribution in [0.1, 0.15) is 39.5 Å². The van der Waals surface area contributed by atoms with Crippen LogP contribution in [-0.2, 0) is 0 Å². The molecule has 20 heavy (non-hydrogen) atoms. The molecule has 108 valence electrons. The van der Waals surface area contributed by atoms with Gasteiger partial charge in [-0.3, -0.25) is 0 Å². The SMILES string of the molecule is CCNc1nc(SC2CCCC(C)C2)c2ccsc2n1. The molecule has 0 radical (unpaired) electrons. The van der Waals surface area contributed by atoms with Crippen LogP contribution in [0, 0.1) is 5.92 Å². The molecule has 2 aromatic heterocycles. The summed E-state index contributed by atoms with van der Waals surface area (Å²) in [6.45, 7) is 5.32. The molecule has 2 aromatic rings. The maximum Gasteiger partial charge on any atom is 0.225 e. The van der Waals surface area contributed by atoms with Crippen molar-refractivity contribution in [1.29, 1.82) is 0 Å². The molecule has 1 aliphatic rings. The molecule has 3 rings (SSSR count). The highest BCUT2D eigenvalue weighted by atomic mass is 32.2. The molecule has 3 nitrogen and oxygen atoms in total. The molecular formula is C15H21N3S2. The lowest BCUT2D eigenvalue weighted by Gasteiger charge is -2.26. The second kappa shape index (κ2) is 6.31. The number of rotatable bonds is 4. The number of anilines is 1. The summed E-state index contributed by atoms with van der Waals surface area (Å²) in [5.41, 5.74) is 0. The molecule has 0 aliphatic heterocycles. The smallest absolute Gasteiger partial charge is 0.225 e. The summed E-state index contributed by atoms with van der Waals surface area (Å²) >= 11 is 3.66. The van der Waals surface area contributed by atoms with Crippen LogP contribution in [-0.4, -0.2) is 21.8 Å². The van der Waals surface area contributed by atoms with Gasteiger partial charge in [0.2, 0.25) is 5.95 Å². The lowest BCUT2D eigenvalue weighted by molar-refractivity contribution is 0.394. The number of nitrogens with zero attached hydrogens (tertiary/aromatic N) is 2. The summed E-state index contributed by atoms with van der Waals surface area (Å²) in [5.74, 6) is 1.63. The Morgan fingerprint density at radius 3 is 3.10 bits per heavy atom. The van der Waals surface area contributed by atoms with Crippen molar-refractivity contribution in [1.82, 2.24) is 9.97 Å². The van der Waals surface area contributed by atoms with Crippen LogP contribution in [0.3, 0.4) is 0 Å². The molecule has 0 amide bonds. The molecule has 5 heteroatoms. The van der Waals surface area contributed by atoms with Crippen molar-refractivity contribution >= 4 is 39.3 Å². The lowest BCUT2D eigenvalue weighted by Crippen LogP contribution is -2.15. The predicted molar refractivity (Wildman–Crippen MR) is 88.9 cm³/mol. The van der Waals surface area contributed by atoms with Gasteiger partial charge >= 0.3 is 0 Å². The minimum Gasteiger partial charge on any atom is -0.354 e. The normalized spacial score (nSPS) is 23.1. The van der Waals surface area contributed by atoms with Gasteiger partial charge in [-0.1, -0.05) is 19.8 Å². The summed E-state index contributed by atoms with van der Waals surface area (Å²) < 4.78 is 0. The monoisotopic (exact) mass is 307 g/mol. The zero-order valence-corrected chi connectivity index (χ0v) is 13.7. The highest BCUT2D eigenvalue weighted by Crippen LogP contribution is 2.38. The van der Waals surface area contributed by atoms with E-state index in [0.717, 1.165) is 28.3 Å². The Kier molecular flexibility index (Phi) is 4.46. The van der Waals surface area contributed by atoms with Gasteiger partial charge in [0.05, 0.1) is 0 Å². The van der Waals surface area contributed by atoms with Gasteiger partial charge < -0.3 is 5.32 Å². The van der Waals surface area contributed by atoms with Gasteiger partial charge in [0.1, 0.15) is 9.86 Å². The Hall–Kier alpha value is -0.810. The molecule has 1 N–H and O–H groups in total. The van der Waals surface area contributed by atoms with E-state index in [9.17, 15) is 0 Å². The first-order valence-electron chi connectivity index (χ1n) is 7.42. The maximum atomic E-state index is 4.73. The third-order valence-corrected chi connectivity index (χ3v) is 5.89. The molecular weight excluding hydrogens is 286 g/mol. The largest absolute Gasteiger partial charge is 0.354 e. The second-order valence-electron chi connectivity index (χ2n) is 5.53. The molecule has 2 atom stereocenters. The van der Waals surface area contributed by atoms with Crippen molar-refractivity contribution in [2.45, 2.75) is 49.8 Å². The predicted octanol–water partition coefficient (Wildman–Crippen LogP) is 4.79. The van der Waals surface area contributed by atoms with Crippen LogP contribution in [0.4, 0.5) is 5.95 Å².